The number of nitrogens with one attached hydrogen (secondary N) is 1. The maximum atomic E-state index is 4.44. The first-order valence-corrected chi connectivity index (χ1v) is 9.82. The second-order valence-electron chi connectivity index (χ2n) is 7.47. The topological polar surface area (TPSA) is 41.0 Å². The molecular formula is C18H32N4S. The Labute approximate surface area is 145 Å². The van der Waals surface area contributed by atoms with E-state index in [-0.39, 0.29) is 0 Å². The lowest BCUT2D eigenvalue weighted by molar-refractivity contribution is 0.388. The number of hydrogen-bond acceptors (Lipinski definition) is 5. The van der Waals surface area contributed by atoms with E-state index < -0.39 is 0 Å². The van der Waals surface area contributed by atoms with Crippen molar-refractivity contribution in [3.8, 4) is 0 Å². The molecule has 0 radical (unpaired) electrons. The van der Waals surface area contributed by atoms with E-state index in [4.69, 9.17) is 0 Å². The highest BCUT2D eigenvalue weighted by Crippen LogP contribution is 2.24. The SMILES string of the molecule is CCc1cc(N2CCC(NC(C)CSC(C)(C)C)CC2)ncn1. The average Bonchev–Trinajstić information content (AvgIpc) is 2.53. The first-order chi connectivity index (χ1) is 10.9. The Morgan fingerprint density at radius 2 is 2.00 bits per heavy atom. The van der Waals surface area contributed by atoms with Crippen LogP contribution in [-0.4, -0.2) is 45.6 Å². The van der Waals surface area contributed by atoms with Gasteiger partial charge in [0.2, 0.25) is 0 Å². The van der Waals surface area contributed by atoms with Crippen molar-refractivity contribution >= 4 is 17.6 Å². The normalized spacial score (nSPS) is 18.2. The van der Waals surface area contributed by atoms with Crippen LogP contribution < -0.4 is 10.2 Å². The lowest BCUT2D eigenvalue weighted by Crippen LogP contribution is -2.46. The van der Waals surface area contributed by atoms with Crippen molar-refractivity contribution in [3.63, 3.8) is 0 Å². The van der Waals surface area contributed by atoms with Crippen molar-refractivity contribution in [3.05, 3.63) is 18.1 Å². The second-order valence-corrected chi connectivity index (χ2v) is 9.32. The Balaban J connectivity index is 1.77. The summed E-state index contributed by atoms with van der Waals surface area (Å²) in [6.07, 6.45) is 5.05. The van der Waals surface area contributed by atoms with Gasteiger partial charge in [-0.15, -0.1) is 0 Å². The smallest absolute Gasteiger partial charge is 0.132 e. The summed E-state index contributed by atoms with van der Waals surface area (Å²) in [5.74, 6) is 2.27. The number of thioether (sulfide) groups is 1. The monoisotopic (exact) mass is 336 g/mol. The van der Waals surface area contributed by atoms with E-state index in [1.54, 1.807) is 6.33 Å². The summed E-state index contributed by atoms with van der Waals surface area (Å²) in [5, 5.41) is 3.81. The van der Waals surface area contributed by atoms with Crippen LogP contribution in [0.3, 0.4) is 0 Å². The highest BCUT2D eigenvalue weighted by atomic mass is 32.2. The minimum atomic E-state index is 0.350. The van der Waals surface area contributed by atoms with Crippen LogP contribution in [0, 0.1) is 0 Å². The standard InChI is InChI=1S/C18H32N4S/c1-6-15-11-17(20-13-19-15)22-9-7-16(8-10-22)21-14(2)12-23-18(3,4)5/h11,13-14,16,21H,6-10,12H2,1-5H3. The van der Waals surface area contributed by atoms with Crippen LogP contribution >= 0.6 is 11.8 Å². The van der Waals surface area contributed by atoms with Gasteiger partial charge in [-0.05, 0) is 26.2 Å². The fourth-order valence-electron chi connectivity index (χ4n) is 2.85. The van der Waals surface area contributed by atoms with Crippen LogP contribution in [0.15, 0.2) is 12.4 Å². The van der Waals surface area contributed by atoms with Gasteiger partial charge < -0.3 is 10.2 Å². The molecule has 1 aromatic rings. The predicted octanol–water partition coefficient (Wildman–Crippen LogP) is 3.52. The third kappa shape index (κ3) is 6.30. The van der Waals surface area contributed by atoms with E-state index in [1.165, 1.54) is 18.6 Å². The van der Waals surface area contributed by atoms with Gasteiger partial charge >= 0.3 is 0 Å². The minimum Gasteiger partial charge on any atom is -0.356 e. The molecule has 0 aliphatic carbocycles. The van der Waals surface area contributed by atoms with Gasteiger partial charge in [0.1, 0.15) is 12.1 Å². The van der Waals surface area contributed by atoms with Crippen LogP contribution in [0.2, 0.25) is 0 Å². The highest BCUT2D eigenvalue weighted by molar-refractivity contribution is 8.00. The molecule has 0 aromatic carbocycles. The van der Waals surface area contributed by atoms with Gasteiger partial charge in [0, 0.05) is 47.4 Å². The minimum absolute atomic E-state index is 0.350. The largest absolute Gasteiger partial charge is 0.356 e. The molecule has 0 amide bonds. The van der Waals surface area contributed by atoms with Gasteiger partial charge in [-0.2, -0.15) is 11.8 Å². The molecule has 0 saturated carbocycles. The van der Waals surface area contributed by atoms with Gasteiger partial charge in [0.25, 0.3) is 0 Å². The summed E-state index contributed by atoms with van der Waals surface area (Å²) < 4.78 is 0.350. The maximum Gasteiger partial charge on any atom is 0.132 e. The molecule has 1 unspecified atom stereocenters. The zero-order chi connectivity index (χ0) is 16.9. The quantitative estimate of drug-likeness (QED) is 0.861. The predicted molar refractivity (Wildman–Crippen MR) is 101 cm³/mol. The lowest BCUT2D eigenvalue weighted by Gasteiger charge is -2.35. The Morgan fingerprint density at radius 1 is 1.30 bits per heavy atom. The summed E-state index contributed by atoms with van der Waals surface area (Å²) in [6.45, 7) is 13.5. The van der Waals surface area contributed by atoms with Crippen LogP contribution in [0.1, 0.15) is 53.2 Å². The molecule has 1 saturated heterocycles. The summed E-state index contributed by atoms with van der Waals surface area (Å²) in [5.41, 5.74) is 1.13. The molecule has 1 fully saturated rings. The molecule has 1 aliphatic heterocycles. The molecule has 0 bridgehead atoms. The zero-order valence-corrected chi connectivity index (χ0v) is 16.1. The van der Waals surface area contributed by atoms with E-state index in [0.717, 1.165) is 31.0 Å². The zero-order valence-electron chi connectivity index (χ0n) is 15.3. The fourth-order valence-corrected chi connectivity index (χ4v) is 3.70. The Bertz CT molecular complexity index is 478. The van der Waals surface area contributed by atoms with Crippen molar-refractivity contribution in [2.75, 3.05) is 23.7 Å². The highest BCUT2D eigenvalue weighted by Gasteiger charge is 2.22. The fraction of sp³-hybridized carbons (Fsp3) is 0.778. The Morgan fingerprint density at radius 3 is 2.61 bits per heavy atom. The van der Waals surface area contributed by atoms with Crippen LogP contribution in [0.4, 0.5) is 5.82 Å². The van der Waals surface area contributed by atoms with Gasteiger partial charge in [-0.3, -0.25) is 0 Å². The Hall–Kier alpha value is -0.810. The third-order valence-electron chi connectivity index (χ3n) is 4.18. The Kier molecular flexibility index (Phi) is 6.72. The number of piperidine rings is 1. The number of aromatic nitrogens is 2. The first kappa shape index (κ1) is 18.5. The van der Waals surface area contributed by atoms with E-state index in [0.29, 0.717) is 16.8 Å². The molecule has 23 heavy (non-hydrogen) atoms. The molecule has 4 nitrogen and oxygen atoms in total. The molecule has 2 rings (SSSR count). The second kappa shape index (κ2) is 8.34. The van der Waals surface area contributed by atoms with Crippen molar-refractivity contribution in [2.45, 2.75) is 70.7 Å². The average molecular weight is 337 g/mol. The molecular weight excluding hydrogens is 304 g/mol. The van der Waals surface area contributed by atoms with Gasteiger partial charge in [-0.1, -0.05) is 27.7 Å². The molecule has 2 heterocycles. The van der Waals surface area contributed by atoms with Gasteiger partial charge in [-0.25, -0.2) is 9.97 Å². The summed E-state index contributed by atoms with van der Waals surface area (Å²) in [6, 6.07) is 3.34. The molecule has 1 N–H and O–H groups in total. The molecule has 1 aromatic heterocycles. The molecule has 1 atom stereocenters. The number of hydrogen-bond donors (Lipinski definition) is 1. The molecule has 5 heteroatoms. The lowest BCUT2D eigenvalue weighted by atomic mass is 10.0. The van der Waals surface area contributed by atoms with E-state index in [1.807, 2.05) is 11.8 Å². The van der Waals surface area contributed by atoms with Crippen molar-refractivity contribution in [2.24, 2.45) is 0 Å². The van der Waals surface area contributed by atoms with Crippen molar-refractivity contribution in [1.82, 2.24) is 15.3 Å². The summed E-state index contributed by atoms with van der Waals surface area (Å²) in [7, 11) is 0. The van der Waals surface area contributed by atoms with Gasteiger partial charge in [0.05, 0.1) is 0 Å². The van der Waals surface area contributed by atoms with Crippen LogP contribution in [0.25, 0.3) is 0 Å². The van der Waals surface area contributed by atoms with E-state index in [9.17, 15) is 0 Å². The van der Waals surface area contributed by atoms with Crippen LogP contribution in [0.5, 0.6) is 0 Å². The summed E-state index contributed by atoms with van der Waals surface area (Å²) in [4.78, 5) is 11.1. The summed E-state index contributed by atoms with van der Waals surface area (Å²) >= 11 is 2.04. The van der Waals surface area contributed by atoms with Gasteiger partial charge in [0.15, 0.2) is 0 Å². The van der Waals surface area contributed by atoms with E-state index in [2.05, 4.69) is 60.9 Å². The maximum absolute atomic E-state index is 4.44. The first-order valence-electron chi connectivity index (χ1n) is 8.83. The van der Waals surface area contributed by atoms with E-state index >= 15 is 0 Å². The molecule has 1 aliphatic rings. The molecule has 0 spiro atoms. The number of anilines is 1. The third-order valence-corrected chi connectivity index (χ3v) is 5.71. The molecule has 130 valence electrons. The number of rotatable bonds is 6. The van der Waals surface area contributed by atoms with Crippen molar-refractivity contribution in [1.29, 1.82) is 0 Å². The number of aryl methyl sites for hydroxylation is 1. The van der Waals surface area contributed by atoms with Crippen LogP contribution in [-0.2, 0) is 6.42 Å². The number of nitrogens with zero attached hydrogens (tertiary/aromatic N) is 3. The van der Waals surface area contributed by atoms with Crippen molar-refractivity contribution < 1.29 is 0 Å².